The van der Waals surface area contributed by atoms with Crippen molar-refractivity contribution in [1.29, 1.82) is 0 Å². The van der Waals surface area contributed by atoms with Gasteiger partial charge in [-0.05, 0) is 62.2 Å². The van der Waals surface area contributed by atoms with Gasteiger partial charge in [-0.3, -0.25) is 4.99 Å². The van der Waals surface area contributed by atoms with Crippen LogP contribution in [0.25, 0.3) is 0 Å². The topological polar surface area (TPSA) is 64.1 Å². The average Bonchev–Trinajstić information content (AvgIpc) is 3.09. The minimum absolute atomic E-state index is 0. The summed E-state index contributed by atoms with van der Waals surface area (Å²) in [4.78, 5) is 4.26. The highest BCUT2D eigenvalue weighted by Crippen LogP contribution is 2.32. The van der Waals surface area contributed by atoms with Crippen molar-refractivity contribution in [3.8, 4) is 17.2 Å². The van der Waals surface area contributed by atoms with Gasteiger partial charge in [0.15, 0.2) is 17.5 Å². The van der Waals surface area contributed by atoms with Gasteiger partial charge < -0.3 is 24.8 Å². The Labute approximate surface area is 177 Å². The van der Waals surface area contributed by atoms with Crippen molar-refractivity contribution in [2.75, 3.05) is 25.7 Å². The van der Waals surface area contributed by atoms with Crippen molar-refractivity contribution >= 4 is 35.6 Å². The van der Waals surface area contributed by atoms with Gasteiger partial charge in [0.1, 0.15) is 5.75 Å². The molecule has 0 bridgehead atoms. The van der Waals surface area contributed by atoms with E-state index in [-0.39, 0.29) is 30.1 Å². The van der Waals surface area contributed by atoms with Crippen LogP contribution in [-0.4, -0.2) is 32.4 Å². The van der Waals surface area contributed by atoms with Gasteiger partial charge in [0, 0.05) is 19.3 Å². The van der Waals surface area contributed by atoms with E-state index >= 15 is 0 Å². The molecular formula is C20H26IN3O3. The Kier molecular flexibility index (Phi) is 8.02. The molecule has 0 radical (unpaired) electrons. The molecule has 3 rings (SSSR count). The zero-order chi connectivity index (χ0) is 18.4. The zero-order valence-corrected chi connectivity index (χ0v) is 18.2. The van der Waals surface area contributed by atoms with Crippen LogP contribution >= 0.6 is 24.0 Å². The van der Waals surface area contributed by atoms with Crippen molar-refractivity contribution < 1.29 is 14.2 Å². The lowest BCUT2D eigenvalue weighted by molar-refractivity contribution is 0.174. The Hall–Kier alpha value is -2.16. The van der Waals surface area contributed by atoms with Crippen molar-refractivity contribution in [2.45, 2.75) is 26.4 Å². The summed E-state index contributed by atoms with van der Waals surface area (Å²) in [6.45, 7) is 5.08. The summed E-state index contributed by atoms with van der Waals surface area (Å²) in [5.74, 6) is 3.21. The van der Waals surface area contributed by atoms with E-state index in [0.29, 0.717) is 6.79 Å². The molecule has 0 amide bonds. The number of benzene rings is 2. The number of ether oxygens (including phenoxy) is 3. The van der Waals surface area contributed by atoms with Gasteiger partial charge in [0.25, 0.3) is 0 Å². The van der Waals surface area contributed by atoms with Crippen LogP contribution in [0.5, 0.6) is 17.2 Å². The number of hydrogen-bond acceptors (Lipinski definition) is 4. The van der Waals surface area contributed by atoms with Crippen molar-refractivity contribution in [3.05, 3.63) is 48.0 Å². The molecule has 0 unspecified atom stereocenters. The smallest absolute Gasteiger partial charge is 0.231 e. The number of guanidine groups is 1. The lowest BCUT2D eigenvalue weighted by atomic mass is 10.1. The number of nitrogens with one attached hydrogen (secondary N) is 2. The van der Waals surface area contributed by atoms with Crippen LogP contribution in [0.1, 0.15) is 19.4 Å². The van der Waals surface area contributed by atoms with Gasteiger partial charge in [-0.2, -0.15) is 0 Å². The van der Waals surface area contributed by atoms with Gasteiger partial charge >= 0.3 is 0 Å². The van der Waals surface area contributed by atoms with E-state index in [1.165, 1.54) is 5.56 Å². The van der Waals surface area contributed by atoms with Gasteiger partial charge in [-0.1, -0.05) is 6.07 Å². The summed E-state index contributed by atoms with van der Waals surface area (Å²) in [6, 6.07) is 13.9. The fraction of sp³-hybridized carbons (Fsp3) is 0.350. The van der Waals surface area contributed by atoms with E-state index in [1.54, 1.807) is 7.05 Å². The molecule has 0 saturated heterocycles. The molecule has 2 aromatic carbocycles. The molecule has 0 fully saturated rings. The lowest BCUT2D eigenvalue weighted by Crippen LogP contribution is -2.32. The van der Waals surface area contributed by atoms with E-state index in [1.807, 2.05) is 50.2 Å². The molecule has 0 aliphatic carbocycles. The van der Waals surface area contributed by atoms with E-state index in [9.17, 15) is 0 Å². The van der Waals surface area contributed by atoms with Crippen molar-refractivity contribution in [3.63, 3.8) is 0 Å². The molecule has 1 aliphatic rings. The van der Waals surface area contributed by atoms with Crippen molar-refractivity contribution in [1.82, 2.24) is 5.32 Å². The average molecular weight is 483 g/mol. The third kappa shape index (κ3) is 6.20. The van der Waals surface area contributed by atoms with Crippen LogP contribution in [0.3, 0.4) is 0 Å². The fourth-order valence-corrected chi connectivity index (χ4v) is 2.63. The maximum absolute atomic E-state index is 5.65. The number of anilines is 1. The van der Waals surface area contributed by atoms with E-state index in [4.69, 9.17) is 14.2 Å². The largest absolute Gasteiger partial charge is 0.491 e. The van der Waals surface area contributed by atoms with Crippen molar-refractivity contribution in [2.24, 2.45) is 4.99 Å². The summed E-state index contributed by atoms with van der Waals surface area (Å²) in [6.07, 6.45) is 1.03. The summed E-state index contributed by atoms with van der Waals surface area (Å²) in [5, 5.41) is 6.59. The molecule has 1 aliphatic heterocycles. The second kappa shape index (κ2) is 10.2. The first-order chi connectivity index (χ1) is 12.6. The van der Waals surface area contributed by atoms with Crippen LogP contribution in [0.15, 0.2) is 47.5 Å². The number of fused-ring (bicyclic) bond motifs is 1. The summed E-state index contributed by atoms with van der Waals surface area (Å²) in [5.41, 5.74) is 2.14. The first-order valence-electron chi connectivity index (χ1n) is 8.77. The monoisotopic (exact) mass is 483 g/mol. The molecule has 146 valence electrons. The molecule has 2 N–H and O–H groups in total. The SMILES string of the molecule is CN=C(NCCc1ccc2c(c1)OCO2)Nc1ccc(OC(C)C)cc1.I. The Morgan fingerprint density at radius 2 is 1.85 bits per heavy atom. The lowest BCUT2D eigenvalue weighted by Gasteiger charge is -2.13. The molecule has 1 heterocycles. The van der Waals surface area contributed by atoms with E-state index in [0.717, 1.165) is 41.9 Å². The fourth-order valence-electron chi connectivity index (χ4n) is 2.63. The normalized spacial score (nSPS) is 12.5. The van der Waals surface area contributed by atoms with Crippen LogP contribution in [0.4, 0.5) is 5.69 Å². The number of rotatable bonds is 6. The minimum atomic E-state index is 0. The van der Waals surface area contributed by atoms with Gasteiger partial charge in [0.2, 0.25) is 6.79 Å². The highest BCUT2D eigenvalue weighted by Gasteiger charge is 2.13. The minimum Gasteiger partial charge on any atom is -0.491 e. The van der Waals surface area contributed by atoms with E-state index in [2.05, 4.69) is 21.7 Å². The maximum atomic E-state index is 5.65. The molecule has 0 spiro atoms. The highest BCUT2D eigenvalue weighted by molar-refractivity contribution is 14.0. The predicted molar refractivity (Wildman–Crippen MR) is 119 cm³/mol. The Balaban J connectivity index is 0.00000261. The van der Waals surface area contributed by atoms with Gasteiger partial charge in [0.05, 0.1) is 6.10 Å². The molecule has 2 aromatic rings. The molecule has 6 nitrogen and oxygen atoms in total. The molecule has 0 saturated carbocycles. The van der Waals surface area contributed by atoms with E-state index < -0.39 is 0 Å². The summed E-state index contributed by atoms with van der Waals surface area (Å²) >= 11 is 0. The molecule has 27 heavy (non-hydrogen) atoms. The maximum Gasteiger partial charge on any atom is 0.231 e. The van der Waals surface area contributed by atoms with Gasteiger partial charge in [-0.25, -0.2) is 0 Å². The summed E-state index contributed by atoms with van der Waals surface area (Å²) in [7, 11) is 1.76. The quantitative estimate of drug-likeness (QED) is 0.369. The Morgan fingerprint density at radius 1 is 1.11 bits per heavy atom. The van der Waals surface area contributed by atoms with Crippen LogP contribution in [-0.2, 0) is 6.42 Å². The Morgan fingerprint density at radius 3 is 2.56 bits per heavy atom. The molecular weight excluding hydrogens is 457 g/mol. The van der Waals surface area contributed by atoms with Crippen LogP contribution < -0.4 is 24.8 Å². The number of halogens is 1. The zero-order valence-electron chi connectivity index (χ0n) is 15.8. The highest BCUT2D eigenvalue weighted by atomic mass is 127. The predicted octanol–water partition coefficient (Wildman–Crippen LogP) is 4.05. The Bertz CT molecular complexity index is 764. The molecule has 0 aromatic heterocycles. The number of nitrogens with zero attached hydrogens (tertiary/aromatic N) is 1. The number of aliphatic imine (C=N–C) groups is 1. The first-order valence-corrected chi connectivity index (χ1v) is 8.77. The molecule has 7 heteroatoms. The number of hydrogen-bond donors (Lipinski definition) is 2. The first kappa shape index (κ1) is 21.1. The van der Waals surface area contributed by atoms with Gasteiger partial charge in [-0.15, -0.1) is 24.0 Å². The van der Waals surface area contributed by atoms with Crippen LogP contribution in [0, 0.1) is 0 Å². The summed E-state index contributed by atoms with van der Waals surface area (Å²) < 4.78 is 16.4. The third-order valence-electron chi connectivity index (χ3n) is 3.86. The third-order valence-corrected chi connectivity index (χ3v) is 3.86. The van der Waals surface area contributed by atoms with Crippen LogP contribution in [0.2, 0.25) is 0 Å². The standard InChI is InChI=1S/C20H25N3O3.HI/c1-14(2)26-17-7-5-16(6-8-17)23-20(21-3)22-11-10-15-4-9-18-19(12-15)25-13-24-18;/h4-9,12,14H,10-11,13H2,1-3H3,(H2,21,22,23);1H. The molecule has 0 atom stereocenters. The second-order valence-electron chi connectivity index (χ2n) is 6.25. The second-order valence-corrected chi connectivity index (χ2v) is 6.25.